The predicted octanol–water partition coefficient (Wildman–Crippen LogP) is 5.43. The maximum absolute atomic E-state index is 13.0. The molecule has 0 aromatic heterocycles. The van der Waals surface area contributed by atoms with E-state index in [1.54, 1.807) is 0 Å². The summed E-state index contributed by atoms with van der Waals surface area (Å²) >= 11 is 0. The number of benzene rings is 3. The second-order valence-corrected chi connectivity index (χ2v) is 8.44. The lowest BCUT2D eigenvalue weighted by Crippen LogP contribution is -2.36. The summed E-state index contributed by atoms with van der Waals surface area (Å²) in [6.45, 7) is 5.66. The van der Waals surface area contributed by atoms with E-state index in [2.05, 4.69) is 77.1 Å². The zero-order chi connectivity index (χ0) is 22.2. The van der Waals surface area contributed by atoms with Crippen molar-refractivity contribution in [1.29, 1.82) is 0 Å². The third-order valence-electron chi connectivity index (χ3n) is 6.29. The standard InChI is InChI=1S/C28H33N3O/c1-2-23-12-6-7-16-26(23)29-20-22-11-10-15-25(19-22)28(32)30-21-27(31-17-8-9-18-31)24-13-4-3-5-14-24/h3-7,10-16,19,27,29H,2,8-9,17-18,20-21H2,1H3,(H,30,32). The Balaban J connectivity index is 1.39. The molecule has 0 saturated carbocycles. The summed E-state index contributed by atoms with van der Waals surface area (Å²) in [7, 11) is 0. The van der Waals surface area contributed by atoms with Crippen LogP contribution in [-0.2, 0) is 13.0 Å². The first kappa shape index (κ1) is 22.1. The lowest BCUT2D eigenvalue weighted by atomic mass is 10.0. The Morgan fingerprint density at radius 2 is 1.69 bits per heavy atom. The first-order chi connectivity index (χ1) is 15.7. The highest BCUT2D eigenvalue weighted by atomic mass is 16.1. The van der Waals surface area contributed by atoms with Crippen molar-refractivity contribution in [3.05, 3.63) is 101 Å². The molecular formula is C28H33N3O. The van der Waals surface area contributed by atoms with E-state index >= 15 is 0 Å². The lowest BCUT2D eigenvalue weighted by Gasteiger charge is -2.28. The van der Waals surface area contributed by atoms with Crippen molar-refractivity contribution in [3.8, 4) is 0 Å². The second kappa shape index (κ2) is 11.0. The summed E-state index contributed by atoms with van der Waals surface area (Å²) < 4.78 is 0. The number of para-hydroxylation sites is 1. The van der Waals surface area contributed by atoms with Crippen molar-refractivity contribution in [1.82, 2.24) is 10.2 Å². The van der Waals surface area contributed by atoms with E-state index in [0.29, 0.717) is 18.7 Å². The Labute approximate surface area is 191 Å². The Kier molecular flexibility index (Phi) is 7.57. The van der Waals surface area contributed by atoms with Gasteiger partial charge >= 0.3 is 0 Å². The number of hydrogen-bond donors (Lipinski definition) is 2. The van der Waals surface area contributed by atoms with E-state index in [9.17, 15) is 4.79 Å². The third kappa shape index (κ3) is 5.57. The molecule has 1 aliphatic rings. The van der Waals surface area contributed by atoms with E-state index in [1.165, 1.54) is 24.0 Å². The highest BCUT2D eigenvalue weighted by Crippen LogP contribution is 2.24. The van der Waals surface area contributed by atoms with Crippen LogP contribution in [0.2, 0.25) is 0 Å². The Morgan fingerprint density at radius 3 is 2.47 bits per heavy atom. The van der Waals surface area contributed by atoms with E-state index in [1.807, 2.05) is 24.3 Å². The fraction of sp³-hybridized carbons (Fsp3) is 0.321. The van der Waals surface area contributed by atoms with Crippen molar-refractivity contribution in [3.63, 3.8) is 0 Å². The quantitative estimate of drug-likeness (QED) is 0.479. The van der Waals surface area contributed by atoms with Gasteiger partial charge in [0.15, 0.2) is 0 Å². The van der Waals surface area contributed by atoms with E-state index in [0.717, 1.165) is 30.8 Å². The smallest absolute Gasteiger partial charge is 0.251 e. The number of nitrogens with one attached hydrogen (secondary N) is 2. The molecule has 4 rings (SSSR count). The van der Waals surface area contributed by atoms with Crippen LogP contribution in [0, 0.1) is 0 Å². The molecule has 1 amide bonds. The SMILES string of the molecule is CCc1ccccc1NCc1cccc(C(=O)NCC(c2ccccc2)N2CCCC2)c1. The van der Waals surface area contributed by atoms with Crippen LogP contribution in [0.15, 0.2) is 78.9 Å². The van der Waals surface area contributed by atoms with Crippen LogP contribution in [0.4, 0.5) is 5.69 Å². The van der Waals surface area contributed by atoms with Crippen LogP contribution < -0.4 is 10.6 Å². The molecule has 1 heterocycles. The van der Waals surface area contributed by atoms with Crippen LogP contribution in [0.3, 0.4) is 0 Å². The summed E-state index contributed by atoms with van der Waals surface area (Å²) in [6.07, 6.45) is 3.45. The monoisotopic (exact) mass is 427 g/mol. The van der Waals surface area contributed by atoms with Gasteiger partial charge in [0.05, 0.1) is 6.04 Å². The minimum Gasteiger partial charge on any atom is -0.381 e. The van der Waals surface area contributed by atoms with Crippen LogP contribution in [-0.4, -0.2) is 30.4 Å². The highest BCUT2D eigenvalue weighted by Gasteiger charge is 2.24. The number of hydrogen-bond acceptors (Lipinski definition) is 3. The minimum atomic E-state index is -0.0130. The molecule has 3 aromatic carbocycles. The molecule has 0 aliphatic carbocycles. The molecule has 32 heavy (non-hydrogen) atoms. The van der Waals surface area contributed by atoms with E-state index in [4.69, 9.17) is 0 Å². The van der Waals surface area contributed by atoms with E-state index < -0.39 is 0 Å². The molecule has 2 N–H and O–H groups in total. The highest BCUT2D eigenvalue weighted by molar-refractivity contribution is 5.94. The Morgan fingerprint density at radius 1 is 0.938 bits per heavy atom. The van der Waals surface area contributed by atoms with Crippen molar-refractivity contribution in [2.45, 2.75) is 38.8 Å². The second-order valence-electron chi connectivity index (χ2n) is 8.44. The molecule has 1 fully saturated rings. The van der Waals surface area contributed by atoms with Crippen LogP contribution in [0.5, 0.6) is 0 Å². The number of rotatable bonds is 9. The molecule has 166 valence electrons. The first-order valence-corrected chi connectivity index (χ1v) is 11.7. The summed E-state index contributed by atoms with van der Waals surface area (Å²) in [5, 5.41) is 6.71. The minimum absolute atomic E-state index is 0.0130. The lowest BCUT2D eigenvalue weighted by molar-refractivity contribution is 0.0938. The molecule has 0 spiro atoms. The molecule has 4 heteroatoms. The third-order valence-corrected chi connectivity index (χ3v) is 6.29. The molecule has 0 radical (unpaired) electrons. The molecule has 4 nitrogen and oxygen atoms in total. The van der Waals surface area contributed by atoms with Crippen molar-refractivity contribution >= 4 is 11.6 Å². The van der Waals surface area contributed by atoms with E-state index in [-0.39, 0.29) is 11.9 Å². The topological polar surface area (TPSA) is 44.4 Å². The molecular weight excluding hydrogens is 394 g/mol. The zero-order valence-corrected chi connectivity index (χ0v) is 18.9. The maximum Gasteiger partial charge on any atom is 0.251 e. The van der Waals surface area contributed by atoms with Crippen molar-refractivity contribution in [2.75, 3.05) is 25.0 Å². The molecule has 0 bridgehead atoms. The number of carbonyl (C=O) groups excluding carboxylic acids is 1. The van der Waals surface area contributed by atoms with Gasteiger partial charge in [0, 0.05) is 24.3 Å². The molecule has 1 saturated heterocycles. The number of likely N-dealkylation sites (tertiary alicyclic amines) is 1. The van der Waals surface area contributed by atoms with Gasteiger partial charge in [-0.2, -0.15) is 0 Å². The van der Waals surface area contributed by atoms with Gasteiger partial charge in [-0.3, -0.25) is 9.69 Å². The van der Waals surface area contributed by atoms with Gasteiger partial charge in [0.1, 0.15) is 0 Å². The average molecular weight is 428 g/mol. The fourth-order valence-corrected chi connectivity index (χ4v) is 4.50. The molecule has 1 atom stereocenters. The van der Waals surface area contributed by atoms with Gasteiger partial charge < -0.3 is 10.6 Å². The van der Waals surface area contributed by atoms with Gasteiger partial charge in [0.25, 0.3) is 5.91 Å². The number of anilines is 1. The van der Waals surface area contributed by atoms with Gasteiger partial charge in [-0.05, 0) is 67.2 Å². The van der Waals surface area contributed by atoms with Gasteiger partial charge in [-0.15, -0.1) is 0 Å². The maximum atomic E-state index is 13.0. The zero-order valence-electron chi connectivity index (χ0n) is 18.9. The average Bonchev–Trinajstić information content (AvgIpc) is 3.38. The number of carbonyl (C=O) groups is 1. The summed E-state index contributed by atoms with van der Waals surface area (Å²) in [5.74, 6) is -0.0130. The normalized spacial score (nSPS) is 14.8. The van der Waals surface area contributed by atoms with Crippen molar-refractivity contribution in [2.24, 2.45) is 0 Å². The fourth-order valence-electron chi connectivity index (χ4n) is 4.50. The Bertz CT molecular complexity index is 1010. The van der Waals surface area contributed by atoms with Gasteiger partial charge in [0.2, 0.25) is 0 Å². The number of aryl methyl sites for hydroxylation is 1. The summed E-state index contributed by atoms with van der Waals surface area (Å²) in [6, 6.07) is 27.0. The predicted molar refractivity (Wildman–Crippen MR) is 132 cm³/mol. The first-order valence-electron chi connectivity index (χ1n) is 11.7. The Hall–Kier alpha value is -3.11. The summed E-state index contributed by atoms with van der Waals surface area (Å²) in [5.41, 5.74) is 5.53. The number of nitrogens with zero attached hydrogens (tertiary/aromatic N) is 1. The van der Waals surface area contributed by atoms with Gasteiger partial charge in [-0.25, -0.2) is 0 Å². The van der Waals surface area contributed by atoms with Crippen molar-refractivity contribution < 1.29 is 4.79 Å². The largest absolute Gasteiger partial charge is 0.381 e. The van der Waals surface area contributed by atoms with Gasteiger partial charge in [-0.1, -0.05) is 67.6 Å². The van der Waals surface area contributed by atoms with Crippen LogP contribution in [0.25, 0.3) is 0 Å². The summed E-state index contributed by atoms with van der Waals surface area (Å²) in [4.78, 5) is 15.5. The van der Waals surface area contributed by atoms with Crippen LogP contribution >= 0.6 is 0 Å². The molecule has 1 aliphatic heterocycles. The number of amides is 1. The molecule has 1 unspecified atom stereocenters. The molecule has 3 aromatic rings. The van der Waals surface area contributed by atoms with Crippen LogP contribution in [0.1, 0.15) is 52.9 Å².